The molecule has 3 rings (SSSR count). The van der Waals surface area contributed by atoms with Gasteiger partial charge in [-0.2, -0.15) is 0 Å². The Balaban J connectivity index is 1.86. The quantitative estimate of drug-likeness (QED) is 0.724. The van der Waals surface area contributed by atoms with E-state index in [9.17, 15) is 9.18 Å². The second kappa shape index (κ2) is 7.57. The molecule has 0 spiro atoms. The van der Waals surface area contributed by atoms with Gasteiger partial charge in [0.1, 0.15) is 11.4 Å². The van der Waals surface area contributed by atoms with Crippen LogP contribution in [0.2, 0.25) is 0 Å². The predicted octanol–water partition coefficient (Wildman–Crippen LogP) is 2.77. The third-order valence-corrected chi connectivity index (χ3v) is 3.55. The molecule has 0 aliphatic rings. The SMILES string of the molecule is CCNC(=O)c1cn(-c2ccccn2)nc1NCc1ccc(F)cc1. The molecule has 1 aromatic carbocycles. The van der Waals surface area contributed by atoms with Crippen molar-refractivity contribution in [2.75, 3.05) is 11.9 Å². The summed E-state index contributed by atoms with van der Waals surface area (Å²) in [5, 5.41) is 10.3. The van der Waals surface area contributed by atoms with Crippen molar-refractivity contribution < 1.29 is 9.18 Å². The molecule has 128 valence electrons. The molecule has 25 heavy (non-hydrogen) atoms. The molecule has 0 aliphatic carbocycles. The van der Waals surface area contributed by atoms with Crippen LogP contribution in [0.1, 0.15) is 22.8 Å². The number of aromatic nitrogens is 3. The van der Waals surface area contributed by atoms with Crippen molar-refractivity contribution >= 4 is 11.7 Å². The van der Waals surface area contributed by atoms with E-state index < -0.39 is 0 Å². The third-order valence-electron chi connectivity index (χ3n) is 3.55. The van der Waals surface area contributed by atoms with Gasteiger partial charge in [-0.05, 0) is 36.8 Å². The molecular formula is C18H18FN5O. The number of carbonyl (C=O) groups excluding carboxylic acids is 1. The summed E-state index contributed by atoms with van der Waals surface area (Å²) in [5.74, 6) is 0.557. The zero-order valence-electron chi connectivity index (χ0n) is 13.7. The molecule has 1 amide bonds. The Morgan fingerprint density at radius 2 is 2.00 bits per heavy atom. The summed E-state index contributed by atoms with van der Waals surface area (Å²) in [5.41, 5.74) is 1.31. The molecule has 0 fully saturated rings. The molecule has 2 heterocycles. The van der Waals surface area contributed by atoms with E-state index >= 15 is 0 Å². The standard InChI is InChI=1S/C18H18FN5O/c1-2-20-18(25)15-12-24(16-5-3-4-10-21-16)23-17(15)22-11-13-6-8-14(19)9-7-13/h3-10,12H,2,11H2,1H3,(H,20,25)(H,22,23). The topological polar surface area (TPSA) is 71.8 Å². The summed E-state index contributed by atoms with van der Waals surface area (Å²) >= 11 is 0. The largest absolute Gasteiger partial charge is 0.364 e. The fraction of sp³-hybridized carbons (Fsp3) is 0.167. The molecule has 0 saturated carbocycles. The number of nitrogens with one attached hydrogen (secondary N) is 2. The van der Waals surface area contributed by atoms with Gasteiger partial charge in [0.15, 0.2) is 11.6 Å². The van der Waals surface area contributed by atoms with Crippen LogP contribution in [0.4, 0.5) is 10.2 Å². The van der Waals surface area contributed by atoms with E-state index in [-0.39, 0.29) is 11.7 Å². The lowest BCUT2D eigenvalue weighted by molar-refractivity contribution is 0.0956. The van der Waals surface area contributed by atoms with Crippen LogP contribution in [0.15, 0.2) is 54.9 Å². The van der Waals surface area contributed by atoms with Crippen LogP contribution in [0.5, 0.6) is 0 Å². The van der Waals surface area contributed by atoms with Gasteiger partial charge < -0.3 is 10.6 Å². The van der Waals surface area contributed by atoms with E-state index in [2.05, 4.69) is 20.7 Å². The Bertz CT molecular complexity index is 846. The number of amides is 1. The fourth-order valence-electron chi connectivity index (χ4n) is 2.32. The number of rotatable bonds is 6. The fourth-order valence-corrected chi connectivity index (χ4v) is 2.32. The highest BCUT2D eigenvalue weighted by Gasteiger charge is 2.17. The molecule has 0 aliphatic heterocycles. The van der Waals surface area contributed by atoms with Crippen molar-refractivity contribution in [1.29, 1.82) is 0 Å². The number of anilines is 1. The van der Waals surface area contributed by atoms with E-state index in [0.29, 0.717) is 30.3 Å². The van der Waals surface area contributed by atoms with Gasteiger partial charge in [0, 0.05) is 25.5 Å². The van der Waals surface area contributed by atoms with Crippen molar-refractivity contribution in [3.8, 4) is 5.82 Å². The maximum absolute atomic E-state index is 13.0. The summed E-state index contributed by atoms with van der Waals surface area (Å²) in [7, 11) is 0. The number of halogens is 1. The van der Waals surface area contributed by atoms with Crippen LogP contribution in [0, 0.1) is 5.82 Å². The van der Waals surface area contributed by atoms with Gasteiger partial charge in [-0.1, -0.05) is 18.2 Å². The first-order chi connectivity index (χ1) is 12.2. The minimum Gasteiger partial charge on any atom is -0.364 e. The molecule has 3 aromatic rings. The van der Waals surface area contributed by atoms with Crippen molar-refractivity contribution in [2.24, 2.45) is 0 Å². The van der Waals surface area contributed by atoms with Gasteiger partial charge in [-0.15, -0.1) is 5.10 Å². The number of carbonyl (C=O) groups is 1. The zero-order chi connectivity index (χ0) is 17.6. The van der Waals surface area contributed by atoms with Crippen LogP contribution in [-0.4, -0.2) is 27.2 Å². The lowest BCUT2D eigenvalue weighted by Crippen LogP contribution is -2.23. The first-order valence-corrected chi connectivity index (χ1v) is 7.95. The van der Waals surface area contributed by atoms with Gasteiger partial charge in [0.05, 0.1) is 0 Å². The predicted molar refractivity (Wildman–Crippen MR) is 93.1 cm³/mol. The van der Waals surface area contributed by atoms with E-state index in [0.717, 1.165) is 5.56 Å². The third kappa shape index (κ3) is 4.00. The molecule has 0 radical (unpaired) electrons. The van der Waals surface area contributed by atoms with Crippen LogP contribution < -0.4 is 10.6 Å². The van der Waals surface area contributed by atoms with Gasteiger partial charge in [0.2, 0.25) is 0 Å². The molecular weight excluding hydrogens is 321 g/mol. The zero-order valence-corrected chi connectivity index (χ0v) is 13.7. The lowest BCUT2D eigenvalue weighted by atomic mass is 10.2. The maximum atomic E-state index is 13.0. The van der Waals surface area contributed by atoms with Crippen LogP contribution in [-0.2, 0) is 6.54 Å². The second-order valence-corrected chi connectivity index (χ2v) is 5.36. The van der Waals surface area contributed by atoms with Crippen molar-refractivity contribution in [1.82, 2.24) is 20.1 Å². The highest BCUT2D eigenvalue weighted by molar-refractivity contribution is 5.98. The molecule has 2 aromatic heterocycles. The van der Waals surface area contributed by atoms with Crippen LogP contribution >= 0.6 is 0 Å². The smallest absolute Gasteiger partial charge is 0.256 e. The van der Waals surface area contributed by atoms with E-state index in [4.69, 9.17) is 0 Å². The first-order valence-electron chi connectivity index (χ1n) is 7.95. The summed E-state index contributed by atoms with van der Waals surface area (Å²) in [6, 6.07) is 11.6. The van der Waals surface area contributed by atoms with Gasteiger partial charge in [0.25, 0.3) is 5.91 Å². The second-order valence-electron chi connectivity index (χ2n) is 5.36. The summed E-state index contributed by atoms with van der Waals surface area (Å²) in [6.07, 6.45) is 3.30. The minimum absolute atomic E-state index is 0.216. The van der Waals surface area contributed by atoms with Crippen molar-refractivity contribution in [2.45, 2.75) is 13.5 Å². The highest BCUT2D eigenvalue weighted by atomic mass is 19.1. The van der Waals surface area contributed by atoms with Gasteiger partial charge >= 0.3 is 0 Å². The average molecular weight is 339 g/mol. The lowest BCUT2D eigenvalue weighted by Gasteiger charge is -2.06. The Morgan fingerprint density at radius 3 is 2.68 bits per heavy atom. The molecule has 2 N–H and O–H groups in total. The Hall–Kier alpha value is -3.22. The molecule has 0 saturated heterocycles. The van der Waals surface area contributed by atoms with Crippen LogP contribution in [0.3, 0.4) is 0 Å². The maximum Gasteiger partial charge on any atom is 0.256 e. The summed E-state index contributed by atoms with van der Waals surface area (Å²) in [4.78, 5) is 16.5. The number of nitrogens with zero attached hydrogens (tertiary/aromatic N) is 3. The molecule has 0 atom stereocenters. The summed E-state index contributed by atoms with van der Waals surface area (Å²) < 4.78 is 14.6. The van der Waals surface area contributed by atoms with E-state index in [1.807, 2.05) is 19.1 Å². The molecule has 7 heteroatoms. The van der Waals surface area contributed by atoms with Gasteiger partial charge in [-0.3, -0.25) is 4.79 Å². The Morgan fingerprint density at radius 1 is 1.20 bits per heavy atom. The minimum atomic E-state index is -0.286. The summed E-state index contributed by atoms with van der Waals surface area (Å²) in [6.45, 7) is 2.80. The average Bonchev–Trinajstić information content (AvgIpc) is 3.07. The van der Waals surface area contributed by atoms with Crippen molar-refractivity contribution in [3.05, 3.63) is 71.8 Å². The monoisotopic (exact) mass is 339 g/mol. The normalized spacial score (nSPS) is 10.5. The number of hydrogen-bond acceptors (Lipinski definition) is 4. The van der Waals surface area contributed by atoms with E-state index in [1.165, 1.54) is 12.1 Å². The van der Waals surface area contributed by atoms with E-state index in [1.54, 1.807) is 35.3 Å². The molecule has 0 unspecified atom stereocenters. The molecule has 6 nitrogen and oxygen atoms in total. The Kier molecular flexibility index (Phi) is 5.03. The van der Waals surface area contributed by atoms with Crippen molar-refractivity contribution in [3.63, 3.8) is 0 Å². The number of benzene rings is 1. The Labute approximate surface area is 144 Å². The van der Waals surface area contributed by atoms with Gasteiger partial charge in [-0.25, -0.2) is 14.1 Å². The number of pyridine rings is 1. The van der Waals surface area contributed by atoms with Crippen LogP contribution in [0.25, 0.3) is 5.82 Å². The first kappa shape index (κ1) is 16.6. The number of hydrogen-bond donors (Lipinski definition) is 2. The highest BCUT2D eigenvalue weighted by Crippen LogP contribution is 2.17. The molecule has 0 bridgehead atoms.